The van der Waals surface area contributed by atoms with E-state index in [1.54, 1.807) is 0 Å². The highest BCUT2D eigenvalue weighted by Gasteiger charge is 2.07. The number of amides is 1. The van der Waals surface area contributed by atoms with Gasteiger partial charge in [0.05, 0.1) is 5.69 Å². The van der Waals surface area contributed by atoms with Crippen molar-refractivity contribution >= 4 is 27.5 Å². The van der Waals surface area contributed by atoms with Gasteiger partial charge >= 0.3 is 0 Å². The zero-order chi connectivity index (χ0) is 16.7. The molecule has 3 nitrogen and oxygen atoms in total. The van der Waals surface area contributed by atoms with E-state index in [1.807, 2.05) is 42.5 Å². The van der Waals surface area contributed by atoms with Crippen LogP contribution in [-0.4, -0.2) is 12.5 Å². The number of benzene rings is 2. The molecule has 0 unspecified atom stereocenters. The van der Waals surface area contributed by atoms with E-state index < -0.39 is 0 Å². The van der Waals surface area contributed by atoms with Crippen LogP contribution in [0.1, 0.15) is 31.4 Å². The van der Waals surface area contributed by atoms with E-state index in [4.69, 9.17) is 4.74 Å². The van der Waals surface area contributed by atoms with Crippen LogP contribution in [0.3, 0.4) is 0 Å². The Hall–Kier alpha value is -1.81. The van der Waals surface area contributed by atoms with Crippen LogP contribution in [0.25, 0.3) is 0 Å². The topological polar surface area (TPSA) is 38.3 Å². The van der Waals surface area contributed by atoms with E-state index in [-0.39, 0.29) is 12.5 Å². The van der Waals surface area contributed by atoms with E-state index in [1.165, 1.54) is 11.1 Å². The van der Waals surface area contributed by atoms with E-state index in [0.717, 1.165) is 29.4 Å². The lowest BCUT2D eigenvalue weighted by Gasteiger charge is -2.10. The van der Waals surface area contributed by atoms with E-state index in [9.17, 15) is 4.79 Å². The number of carbonyl (C=O) groups is 1. The molecule has 2 rings (SSSR count). The van der Waals surface area contributed by atoms with Gasteiger partial charge < -0.3 is 10.1 Å². The number of aryl methyl sites for hydroxylation is 2. The van der Waals surface area contributed by atoms with Gasteiger partial charge in [0.15, 0.2) is 6.61 Å². The summed E-state index contributed by atoms with van der Waals surface area (Å²) in [6.07, 6.45) is 3.14. The van der Waals surface area contributed by atoms with Crippen molar-refractivity contribution in [3.05, 3.63) is 58.1 Å². The first-order valence-electron chi connectivity index (χ1n) is 7.92. The van der Waals surface area contributed by atoms with Gasteiger partial charge in [0, 0.05) is 4.47 Å². The Morgan fingerprint density at radius 3 is 2.39 bits per heavy atom. The molecule has 0 fully saturated rings. The Kier molecular flexibility index (Phi) is 6.66. The fourth-order valence-electron chi connectivity index (χ4n) is 2.26. The summed E-state index contributed by atoms with van der Waals surface area (Å²) < 4.78 is 6.41. The van der Waals surface area contributed by atoms with Crippen LogP contribution >= 0.6 is 15.9 Å². The SMILES string of the molecule is CCCc1ccc(OCC(=O)Nc2ccc(CC)cc2Br)cc1. The molecule has 1 amide bonds. The molecule has 0 radical (unpaired) electrons. The van der Waals surface area contributed by atoms with E-state index in [0.29, 0.717) is 5.75 Å². The summed E-state index contributed by atoms with van der Waals surface area (Å²) in [7, 11) is 0. The molecule has 0 saturated carbocycles. The van der Waals surface area contributed by atoms with Gasteiger partial charge in [-0.05, 0) is 64.2 Å². The average Bonchev–Trinajstić information content (AvgIpc) is 2.56. The molecule has 0 spiro atoms. The summed E-state index contributed by atoms with van der Waals surface area (Å²) in [5, 5.41) is 2.85. The van der Waals surface area contributed by atoms with Crippen LogP contribution in [0.5, 0.6) is 5.75 Å². The standard InChI is InChI=1S/C19H22BrNO2/c1-3-5-15-6-9-16(10-7-15)23-13-19(22)21-18-11-8-14(4-2)12-17(18)20/h6-12H,3-5,13H2,1-2H3,(H,21,22). The summed E-state index contributed by atoms with van der Waals surface area (Å²) in [5.41, 5.74) is 3.26. The Balaban J connectivity index is 1.87. The predicted octanol–water partition coefficient (Wildman–Crippen LogP) is 4.98. The van der Waals surface area contributed by atoms with Crippen molar-refractivity contribution in [2.75, 3.05) is 11.9 Å². The Labute approximate surface area is 146 Å². The van der Waals surface area contributed by atoms with Gasteiger partial charge in [0.2, 0.25) is 0 Å². The van der Waals surface area contributed by atoms with E-state index >= 15 is 0 Å². The number of halogens is 1. The fraction of sp³-hybridized carbons (Fsp3) is 0.316. The molecule has 0 atom stereocenters. The maximum Gasteiger partial charge on any atom is 0.262 e. The number of nitrogens with one attached hydrogen (secondary N) is 1. The number of ether oxygens (including phenoxy) is 1. The van der Waals surface area contributed by atoms with Crippen LogP contribution in [0.15, 0.2) is 46.9 Å². The van der Waals surface area contributed by atoms with Crippen LogP contribution in [-0.2, 0) is 17.6 Å². The molecule has 0 aliphatic rings. The number of rotatable bonds is 7. The smallest absolute Gasteiger partial charge is 0.262 e. The van der Waals surface area contributed by atoms with Crippen LogP contribution < -0.4 is 10.1 Å². The Morgan fingerprint density at radius 2 is 1.78 bits per heavy atom. The lowest BCUT2D eigenvalue weighted by Crippen LogP contribution is -2.20. The third-order valence-corrected chi connectivity index (χ3v) is 4.20. The van der Waals surface area contributed by atoms with Crippen molar-refractivity contribution in [1.82, 2.24) is 0 Å². The maximum absolute atomic E-state index is 12.0. The Bertz CT molecular complexity index is 653. The molecule has 0 heterocycles. The number of carbonyl (C=O) groups excluding carboxylic acids is 1. The quantitative estimate of drug-likeness (QED) is 0.740. The average molecular weight is 376 g/mol. The van der Waals surface area contributed by atoms with Crippen molar-refractivity contribution in [2.45, 2.75) is 33.1 Å². The van der Waals surface area contributed by atoms with Crippen LogP contribution in [0.2, 0.25) is 0 Å². The third-order valence-electron chi connectivity index (χ3n) is 3.55. The van der Waals surface area contributed by atoms with Gasteiger partial charge in [-0.25, -0.2) is 0 Å². The fourth-order valence-corrected chi connectivity index (χ4v) is 2.78. The molecule has 0 aliphatic carbocycles. The summed E-state index contributed by atoms with van der Waals surface area (Å²) in [5.74, 6) is 0.535. The first kappa shape index (κ1) is 17.5. The lowest BCUT2D eigenvalue weighted by molar-refractivity contribution is -0.118. The molecular weight excluding hydrogens is 354 g/mol. The van der Waals surface area contributed by atoms with Crippen LogP contribution in [0.4, 0.5) is 5.69 Å². The summed E-state index contributed by atoms with van der Waals surface area (Å²) >= 11 is 3.48. The van der Waals surface area contributed by atoms with Gasteiger partial charge in [-0.15, -0.1) is 0 Å². The summed E-state index contributed by atoms with van der Waals surface area (Å²) in [4.78, 5) is 12.0. The zero-order valence-electron chi connectivity index (χ0n) is 13.6. The molecular formula is C19H22BrNO2. The highest BCUT2D eigenvalue weighted by Crippen LogP contribution is 2.24. The minimum Gasteiger partial charge on any atom is -0.484 e. The maximum atomic E-state index is 12.0. The second kappa shape index (κ2) is 8.73. The van der Waals surface area contributed by atoms with Gasteiger partial charge in [-0.1, -0.05) is 38.5 Å². The first-order chi connectivity index (χ1) is 11.1. The van der Waals surface area contributed by atoms with Gasteiger partial charge in [0.1, 0.15) is 5.75 Å². The number of hydrogen-bond donors (Lipinski definition) is 1. The van der Waals surface area contributed by atoms with Crippen molar-refractivity contribution in [3.8, 4) is 5.75 Å². The monoisotopic (exact) mass is 375 g/mol. The van der Waals surface area contributed by atoms with Crippen molar-refractivity contribution in [2.24, 2.45) is 0 Å². The van der Waals surface area contributed by atoms with Crippen LogP contribution in [0, 0.1) is 0 Å². The second-order valence-electron chi connectivity index (χ2n) is 5.40. The second-order valence-corrected chi connectivity index (χ2v) is 6.25. The predicted molar refractivity (Wildman–Crippen MR) is 98.1 cm³/mol. The summed E-state index contributed by atoms with van der Waals surface area (Å²) in [6.45, 7) is 4.24. The van der Waals surface area contributed by atoms with E-state index in [2.05, 4.69) is 35.1 Å². The highest BCUT2D eigenvalue weighted by atomic mass is 79.9. The van der Waals surface area contributed by atoms with Gasteiger partial charge in [0.25, 0.3) is 5.91 Å². The van der Waals surface area contributed by atoms with Gasteiger partial charge in [-0.3, -0.25) is 4.79 Å². The molecule has 0 aromatic heterocycles. The first-order valence-corrected chi connectivity index (χ1v) is 8.71. The van der Waals surface area contributed by atoms with Crippen molar-refractivity contribution in [3.63, 3.8) is 0 Å². The largest absolute Gasteiger partial charge is 0.484 e. The minimum atomic E-state index is -0.174. The molecule has 1 N–H and O–H groups in total. The molecule has 0 aliphatic heterocycles. The molecule has 2 aromatic carbocycles. The molecule has 4 heteroatoms. The molecule has 2 aromatic rings. The minimum absolute atomic E-state index is 0.00487. The van der Waals surface area contributed by atoms with Gasteiger partial charge in [-0.2, -0.15) is 0 Å². The van der Waals surface area contributed by atoms with Crippen molar-refractivity contribution in [1.29, 1.82) is 0 Å². The number of hydrogen-bond acceptors (Lipinski definition) is 2. The summed E-state index contributed by atoms with van der Waals surface area (Å²) in [6, 6.07) is 13.8. The lowest BCUT2D eigenvalue weighted by atomic mass is 10.1. The normalized spacial score (nSPS) is 10.4. The number of anilines is 1. The highest BCUT2D eigenvalue weighted by molar-refractivity contribution is 9.10. The third kappa shape index (κ3) is 5.39. The zero-order valence-corrected chi connectivity index (χ0v) is 15.2. The molecule has 23 heavy (non-hydrogen) atoms. The van der Waals surface area contributed by atoms with Crippen molar-refractivity contribution < 1.29 is 9.53 Å². The Morgan fingerprint density at radius 1 is 1.09 bits per heavy atom. The molecule has 0 bridgehead atoms. The molecule has 0 saturated heterocycles. The molecule has 122 valence electrons.